The summed E-state index contributed by atoms with van der Waals surface area (Å²) >= 11 is 5.71. The Morgan fingerprint density at radius 3 is 2.59 bits per heavy atom. The zero-order valence-electron chi connectivity index (χ0n) is 11.1. The van der Waals surface area contributed by atoms with Crippen molar-refractivity contribution in [1.29, 1.82) is 0 Å². The average molecular weight is 256 g/mol. The second kappa shape index (κ2) is 6.80. The number of aryl methyl sites for hydroxylation is 1. The summed E-state index contributed by atoms with van der Waals surface area (Å²) in [6.45, 7) is 9.33. The van der Waals surface area contributed by atoms with Crippen LogP contribution in [0.2, 0.25) is 0 Å². The summed E-state index contributed by atoms with van der Waals surface area (Å²) < 4.78 is 0. The number of alkyl halides is 1. The van der Waals surface area contributed by atoms with Crippen LogP contribution in [0.15, 0.2) is 6.07 Å². The molecule has 96 valence electrons. The standard InChI is InChI=1S/C13H22ClN3/c1-9(2)12-7-11(4)16-13(17-12)15-8-10(3)5-6-14/h7,9-10H,5-6,8H2,1-4H3,(H,15,16,17). The number of anilines is 1. The summed E-state index contributed by atoms with van der Waals surface area (Å²) in [5.41, 5.74) is 2.10. The second-order valence-electron chi connectivity index (χ2n) is 4.88. The molecule has 0 fully saturated rings. The molecule has 0 aliphatic carbocycles. The van der Waals surface area contributed by atoms with Gasteiger partial charge < -0.3 is 5.32 Å². The van der Waals surface area contributed by atoms with Crippen molar-refractivity contribution in [3.05, 3.63) is 17.5 Å². The topological polar surface area (TPSA) is 37.8 Å². The predicted molar refractivity (Wildman–Crippen MR) is 73.8 cm³/mol. The zero-order chi connectivity index (χ0) is 12.8. The van der Waals surface area contributed by atoms with Gasteiger partial charge in [0, 0.05) is 23.8 Å². The van der Waals surface area contributed by atoms with Gasteiger partial charge in [-0.1, -0.05) is 20.8 Å². The van der Waals surface area contributed by atoms with Crippen LogP contribution in [0.3, 0.4) is 0 Å². The maximum absolute atomic E-state index is 5.71. The van der Waals surface area contributed by atoms with Gasteiger partial charge in [-0.25, -0.2) is 9.97 Å². The first-order chi connectivity index (χ1) is 8.02. The van der Waals surface area contributed by atoms with Crippen LogP contribution in [-0.2, 0) is 0 Å². The minimum atomic E-state index is 0.428. The third-order valence-corrected chi connectivity index (χ3v) is 2.89. The van der Waals surface area contributed by atoms with Gasteiger partial charge in [-0.15, -0.1) is 11.6 Å². The van der Waals surface area contributed by atoms with Crippen LogP contribution in [0.4, 0.5) is 5.95 Å². The fourth-order valence-corrected chi connectivity index (χ4v) is 1.89. The lowest BCUT2D eigenvalue weighted by Crippen LogP contribution is -2.14. The fraction of sp³-hybridized carbons (Fsp3) is 0.692. The highest BCUT2D eigenvalue weighted by atomic mass is 35.5. The second-order valence-corrected chi connectivity index (χ2v) is 5.25. The summed E-state index contributed by atoms with van der Waals surface area (Å²) in [6, 6.07) is 2.04. The maximum atomic E-state index is 5.71. The maximum Gasteiger partial charge on any atom is 0.223 e. The molecule has 1 rings (SSSR count). The summed E-state index contributed by atoms with van der Waals surface area (Å²) in [5.74, 6) is 2.40. The van der Waals surface area contributed by atoms with E-state index in [9.17, 15) is 0 Å². The summed E-state index contributed by atoms with van der Waals surface area (Å²) in [7, 11) is 0. The Morgan fingerprint density at radius 2 is 2.00 bits per heavy atom. The summed E-state index contributed by atoms with van der Waals surface area (Å²) in [4.78, 5) is 8.90. The number of halogens is 1. The molecule has 1 heterocycles. The van der Waals surface area contributed by atoms with E-state index in [1.165, 1.54) is 0 Å². The highest BCUT2D eigenvalue weighted by Crippen LogP contribution is 2.14. The van der Waals surface area contributed by atoms with E-state index in [0.29, 0.717) is 17.7 Å². The lowest BCUT2D eigenvalue weighted by molar-refractivity contribution is 0.594. The van der Waals surface area contributed by atoms with Crippen molar-refractivity contribution in [3.63, 3.8) is 0 Å². The van der Waals surface area contributed by atoms with Crippen LogP contribution in [0.25, 0.3) is 0 Å². The van der Waals surface area contributed by atoms with Gasteiger partial charge in [0.1, 0.15) is 0 Å². The molecule has 0 radical (unpaired) electrons. The molecule has 0 aliphatic heterocycles. The quantitative estimate of drug-likeness (QED) is 0.790. The Hall–Kier alpha value is -0.830. The molecule has 1 atom stereocenters. The minimum Gasteiger partial charge on any atom is -0.354 e. The molecule has 17 heavy (non-hydrogen) atoms. The third kappa shape index (κ3) is 4.90. The molecule has 1 unspecified atom stereocenters. The number of hydrogen-bond donors (Lipinski definition) is 1. The fourth-order valence-electron chi connectivity index (χ4n) is 1.52. The average Bonchev–Trinajstić information content (AvgIpc) is 2.26. The van der Waals surface area contributed by atoms with Crippen LogP contribution in [0.5, 0.6) is 0 Å². The number of nitrogens with one attached hydrogen (secondary N) is 1. The van der Waals surface area contributed by atoms with Crippen molar-refractivity contribution in [2.45, 2.75) is 40.0 Å². The van der Waals surface area contributed by atoms with E-state index < -0.39 is 0 Å². The van der Waals surface area contributed by atoms with Crippen LogP contribution < -0.4 is 5.32 Å². The Balaban J connectivity index is 2.64. The molecule has 0 saturated carbocycles. The molecule has 1 aromatic heterocycles. The van der Waals surface area contributed by atoms with Crippen molar-refractivity contribution >= 4 is 17.5 Å². The number of nitrogens with zero attached hydrogens (tertiary/aromatic N) is 2. The first-order valence-electron chi connectivity index (χ1n) is 6.18. The van der Waals surface area contributed by atoms with Crippen molar-refractivity contribution < 1.29 is 0 Å². The molecule has 0 amide bonds. The van der Waals surface area contributed by atoms with Gasteiger partial charge >= 0.3 is 0 Å². The first-order valence-corrected chi connectivity index (χ1v) is 6.71. The highest BCUT2D eigenvalue weighted by molar-refractivity contribution is 6.17. The molecule has 3 nitrogen and oxygen atoms in total. The Morgan fingerprint density at radius 1 is 1.29 bits per heavy atom. The molecule has 1 aromatic rings. The molecular formula is C13H22ClN3. The molecular weight excluding hydrogens is 234 g/mol. The SMILES string of the molecule is Cc1cc(C(C)C)nc(NCC(C)CCCl)n1. The van der Waals surface area contributed by atoms with Crippen LogP contribution in [-0.4, -0.2) is 22.4 Å². The lowest BCUT2D eigenvalue weighted by Gasteiger charge is -2.13. The van der Waals surface area contributed by atoms with Crippen LogP contribution >= 0.6 is 11.6 Å². The van der Waals surface area contributed by atoms with Crippen molar-refractivity contribution in [2.75, 3.05) is 17.7 Å². The molecule has 4 heteroatoms. The van der Waals surface area contributed by atoms with Gasteiger partial charge in [0.05, 0.1) is 0 Å². The normalized spacial score (nSPS) is 12.8. The third-order valence-electron chi connectivity index (χ3n) is 2.68. The Kier molecular flexibility index (Phi) is 5.69. The van der Waals surface area contributed by atoms with E-state index in [-0.39, 0.29) is 0 Å². The smallest absolute Gasteiger partial charge is 0.223 e. The molecule has 1 N–H and O–H groups in total. The van der Waals surface area contributed by atoms with Crippen LogP contribution in [0.1, 0.15) is 44.5 Å². The van der Waals surface area contributed by atoms with Gasteiger partial charge in [-0.3, -0.25) is 0 Å². The van der Waals surface area contributed by atoms with Gasteiger partial charge in [-0.2, -0.15) is 0 Å². The van der Waals surface area contributed by atoms with E-state index >= 15 is 0 Å². The van der Waals surface area contributed by atoms with E-state index in [1.807, 2.05) is 13.0 Å². The van der Waals surface area contributed by atoms with E-state index in [4.69, 9.17) is 11.6 Å². The lowest BCUT2D eigenvalue weighted by atomic mass is 10.1. The summed E-state index contributed by atoms with van der Waals surface area (Å²) in [6.07, 6.45) is 1.01. The Bertz CT molecular complexity index is 353. The molecule has 0 saturated heterocycles. The van der Waals surface area contributed by atoms with Crippen molar-refractivity contribution in [1.82, 2.24) is 9.97 Å². The molecule has 0 aromatic carbocycles. The number of aromatic nitrogens is 2. The van der Waals surface area contributed by atoms with Gasteiger partial charge in [-0.05, 0) is 31.2 Å². The van der Waals surface area contributed by atoms with Gasteiger partial charge in [0.15, 0.2) is 0 Å². The highest BCUT2D eigenvalue weighted by Gasteiger charge is 2.07. The molecule has 0 bridgehead atoms. The van der Waals surface area contributed by atoms with Crippen molar-refractivity contribution in [3.8, 4) is 0 Å². The van der Waals surface area contributed by atoms with Crippen molar-refractivity contribution in [2.24, 2.45) is 5.92 Å². The van der Waals surface area contributed by atoms with Crippen LogP contribution in [0, 0.1) is 12.8 Å². The van der Waals surface area contributed by atoms with Gasteiger partial charge in [0.2, 0.25) is 5.95 Å². The zero-order valence-corrected chi connectivity index (χ0v) is 11.9. The minimum absolute atomic E-state index is 0.428. The van der Waals surface area contributed by atoms with E-state index in [0.717, 1.165) is 30.3 Å². The Labute approximate surface area is 109 Å². The first kappa shape index (κ1) is 14.2. The van der Waals surface area contributed by atoms with Gasteiger partial charge in [0.25, 0.3) is 0 Å². The number of rotatable bonds is 6. The number of hydrogen-bond acceptors (Lipinski definition) is 3. The monoisotopic (exact) mass is 255 g/mol. The molecule has 0 aliphatic rings. The van der Waals surface area contributed by atoms with E-state index in [1.54, 1.807) is 0 Å². The summed E-state index contributed by atoms with van der Waals surface area (Å²) in [5, 5.41) is 3.28. The predicted octanol–water partition coefficient (Wildman–Crippen LogP) is 3.59. The van der Waals surface area contributed by atoms with E-state index in [2.05, 4.69) is 36.1 Å². The largest absolute Gasteiger partial charge is 0.354 e. The molecule has 0 spiro atoms.